The summed E-state index contributed by atoms with van der Waals surface area (Å²) in [5.74, 6) is -1.16. The van der Waals surface area contributed by atoms with E-state index in [9.17, 15) is 14.4 Å². The van der Waals surface area contributed by atoms with Gasteiger partial charge in [-0.05, 0) is 148 Å². The van der Waals surface area contributed by atoms with E-state index in [0.717, 1.165) is 128 Å². The molecule has 0 aromatic heterocycles. The first-order chi connectivity index (χ1) is 37.0. The van der Waals surface area contributed by atoms with E-state index in [-0.39, 0.29) is 38.4 Å². The van der Waals surface area contributed by atoms with E-state index in [4.69, 9.17) is 14.2 Å². The van der Waals surface area contributed by atoms with Crippen LogP contribution in [0.25, 0.3) is 0 Å². The van der Waals surface area contributed by atoms with Crippen LogP contribution in [0.3, 0.4) is 0 Å². The van der Waals surface area contributed by atoms with Crippen molar-refractivity contribution < 1.29 is 28.6 Å². The summed E-state index contributed by atoms with van der Waals surface area (Å²) >= 11 is 0. The summed E-state index contributed by atoms with van der Waals surface area (Å²) in [5.41, 5.74) is 0. The minimum absolute atomic E-state index is 0.161. The molecule has 0 heterocycles. The molecule has 0 fully saturated rings. The lowest BCUT2D eigenvalue weighted by molar-refractivity contribution is -0.166. The fourth-order valence-corrected chi connectivity index (χ4v) is 6.62. The molecule has 1 unspecified atom stereocenters. The van der Waals surface area contributed by atoms with Gasteiger partial charge in [-0.25, -0.2) is 0 Å². The Bertz CT molecular complexity index is 1900. The molecule has 0 aliphatic carbocycles. The molecule has 0 spiro atoms. The van der Waals surface area contributed by atoms with Crippen LogP contribution in [-0.4, -0.2) is 37.2 Å². The molecule has 0 aliphatic heterocycles. The molecule has 0 aromatic carbocycles. The number of carbonyl (C=O) groups excluding carboxylic acids is 3. The van der Waals surface area contributed by atoms with Gasteiger partial charge in [-0.1, -0.05) is 227 Å². The average molecular weight is 1030 g/mol. The predicted molar refractivity (Wildman–Crippen MR) is 324 cm³/mol. The van der Waals surface area contributed by atoms with Crippen molar-refractivity contribution in [3.8, 4) is 0 Å². The fraction of sp³-hybridized carbons (Fsp3) is 0.464. The lowest BCUT2D eigenvalue weighted by atomic mass is 10.2. The zero-order valence-corrected chi connectivity index (χ0v) is 47.0. The molecule has 0 amide bonds. The van der Waals surface area contributed by atoms with Crippen molar-refractivity contribution in [3.05, 3.63) is 207 Å². The molecule has 6 nitrogen and oxygen atoms in total. The molecule has 0 aliphatic rings. The summed E-state index contributed by atoms with van der Waals surface area (Å²) in [4.78, 5) is 38.1. The first-order valence-corrected chi connectivity index (χ1v) is 28.6. The number of allylic oxidation sites excluding steroid dienone is 34. The van der Waals surface area contributed by atoms with E-state index >= 15 is 0 Å². The van der Waals surface area contributed by atoms with Gasteiger partial charge in [0.25, 0.3) is 0 Å². The second-order valence-corrected chi connectivity index (χ2v) is 17.7. The van der Waals surface area contributed by atoms with Crippen molar-refractivity contribution in [1.82, 2.24) is 0 Å². The van der Waals surface area contributed by atoms with Crippen LogP contribution in [0.15, 0.2) is 207 Å². The standard InChI is InChI=1S/C69H100O6/c1-4-7-10-13-16-19-22-25-27-29-31-33-34-36-37-39-41-44-47-50-53-56-59-62-68(71)74-65-66(64-73-67(70)61-58-55-52-49-46-43-24-21-18-15-12-9-6-3)75-69(72)63-60-57-54-51-48-45-42-40-38-35-32-30-28-26-23-20-17-14-11-8-5-2/h7-12,16-21,25-28,31-33,35-37,40-44,46,48,50-53,55,66H,4-6,13-15,22-24,29-30,34,38-39,45,47,49,54,56-65H2,1-3H3/b10-7-,11-8-,12-9-,19-16-,20-17-,21-18-,27-25-,28-26-,33-31-,35-32-,37-36-,42-40-,44-41-,46-43-,51-48-,53-50-,55-52-. The van der Waals surface area contributed by atoms with Gasteiger partial charge >= 0.3 is 17.9 Å². The van der Waals surface area contributed by atoms with E-state index < -0.39 is 18.0 Å². The third-order valence-corrected chi connectivity index (χ3v) is 10.8. The number of esters is 3. The van der Waals surface area contributed by atoms with E-state index in [1.54, 1.807) is 0 Å². The Morgan fingerprint density at radius 3 is 0.813 bits per heavy atom. The molecular weight excluding hydrogens is 925 g/mol. The molecule has 0 aromatic rings. The van der Waals surface area contributed by atoms with Crippen LogP contribution in [0.5, 0.6) is 0 Å². The number of hydrogen-bond acceptors (Lipinski definition) is 6. The van der Waals surface area contributed by atoms with Crippen LogP contribution in [0.4, 0.5) is 0 Å². The van der Waals surface area contributed by atoms with Crippen LogP contribution in [-0.2, 0) is 28.6 Å². The minimum atomic E-state index is -0.868. The summed E-state index contributed by atoms with van der Waals surface area (Å²) in [6, 6.07) is 0. The third-order valence-electron chi connectivity index (χ3n) is 10.8. The van der Waals surface area contributed by atoms with E-state index in [2.05, 4.69) is 215 Å². The number of rotatable bonds is 48. The van der Waals surface area contributed by atoms with Gasteiger partial charge in [0, 0.05) is 19.3 Å². The van der Waals surface area contributed by atoms with Gasteiger partial charge < -0.3 is 14.2 Å². The van der Waals surface area contributed by atoms with E-state index in [0.29, 0.717) is 19.3 Å². The molecule has 6 heteroatoms. The number of ether oxygens (including phenoxy) is 3. The Morgan fingerprint density at radius 2 is 0.507 bits per heavy atom. The first-order valence-electron chi connectivity index (χ1n) is 28.6. The molecule has 0 saturated heterocycles. The highest BCUT2D eigenvalue weighted by Crippen LogP contribution is 2.09. The van der Waals surface area contributed by atoms with Crippen molar-refractivity contribution in [2.75, 3.05) is 13.2 Å². The van der Waals surface area contributed by atoms with Crippen LogP contribution in [0, 0.1) is 0 Å². The molecule has 412 valence electrons. The summed E-state index contributed by atoms with van der Waals surface area (Å²) in [5, 5.41) is 0. The maximum atomic E-state index is 12.8. The lowest BCUT2D eigenvalue weighted by Gasteiger charge is -2.18. The van der Waals surface area contributed by atoms with E-state index in [1.165, 1.54) is 0 Å². The molecule has 1 atom stereocenters. The predicted octanol–water partition coefficient (Wildman–Crippen LogP) is 19.6. The zero-order chi connectivity index (χ0) is 54.3. The second-order valence-electron chi connectivity index (χ2n) is 17.7. The van der Waals surface area contributed by atoms with Crippen molar-refractivity contribution in [2.45, 2.75) is 194 Å². The van der Waals surface area contributed by atoms with Crippen LogP contribution < -0.4 is 0 Å². The lowest BCUT2D eigenvalue weighted by Crippen LogP contribution is -2.30. The number of carbonyl (C=O) groups is 3. The third kappa shape index (κ3) is 58.7. The van der Waals surface area contributed by atoms with Crippen LogP contribution in [0.1, 0.15) is 188 Å². The Hall–Kier alpha value is -6.01. The number of unbranched alkanes of at least 4 members (excludes halogenated alkanes) is 3. The largest absolute Gasteiger partial charge is 0.462 e. The smallest absolute Gasteiger partial charge is 0.306 e. The Balaban J connectivity index is 4.66. The SMILES string of the molecule is CC/C=C\C/C=C\C/C=C\C/C=C\C/C=C\C/C=C\C/C=C\CCCC(=O)OCC(COC(=O)CC/C=C\C/C=C\C/C=C\C/C=C\CC)OC(=O)CCCC/C=C\C/C=C\C/C=C\C/C=C\C/C=C\C/C=C\CC. The molecule has 0 bridgehead atoms. The Labute approximate surface area is 458 Å². The summed E-state index contributed by atoms with van der Waals surface area (Å²) in [6.07, 6.45) is 94.1. The zero-order valence-electron chi connectivity index (χ0n) is 47.0. The monoisotopic (exact) mass is 1020 g/mol. The molecular formula is C69H100O6. The number of hydrogen-bond donors (Lipinski definition) is 0. The van der Waals surface area contributed by atoms with Gasteiger partial charge in [-0.2, -0.15) is 0 Å². The van der Waals surface area contributed by atoms with Gasteiger partial charge in [-0.15, -0.1) is 0 Å². The quantitative estimate of drug-likeness (QED) is 0.0261. The molecule has 0 rings (SSSR count). The fourth-order valence-electron chi connectivity index (χ4n) is 6.62. The maximum absolute atomic E-state index is 12.8. The molecule has 0 saturated carbocycles. The van der Waals surface area contributed by atoms with E-state index in [1.807, 2.05) is 12.2 Å². The minimum Gasteiger partial charge on any atom is -0.462 e. The Morgan fingerprint density at radius 1 is 0.267 bits per heavy atom. The molecule has 0 N–H and O–H groups in total. The summed E-state index contributed by atoms with van der Waals surface area (Å²) in [7, 11) is 0. The molecule has 0 radical (unpaired) electrons. The highest BCUT2D eigenvalue weighted by Gasteiger charge is 2.19. The van der Waals surface area contributed by atoms with Crippen molar-refractivity contribution >= 4 is 17.9 Å². The van der Waals surface area contributed by atoms with Crippen molar-refractivity contribution in [1.29, 1.82) is 0 Å². The normalized spacial score (nSPS) is 13.7. The highest BCUT2D eigenvalue weighted by atomic mass is 16.6. The van der Waals surface area contributed by atoms with Crippen molar-refractivity contribution in [2.24, 2.45) is 0 Å². The van der Waals surface area contributed by atoms with Crippen LogP contribution in [0.2, 0.25) is 0 Å². The average Bonchev–Trinajstić information content (AvgIpc) is 3.41. The topological polar surface area (TPSA) is 78.9 Å². The van der Waals surface area contributed by atoms with Crippen LogP contribution >= 0.6 is 0 Å². The van der Waals surface area contributed by atoms with Gasteiger partial charge in [0.05, 0.1) is 0 Å². The van der Waals surface area contributed by atoms with Gasteiger partial charge in [0.1, 0.15) is 13.2 Å². The second kappa shape index (κ2) is 60.5. The highest BCUT2D eigenvalue weighted by molar-refractivity contribution is 5.71. The first kappa shape index (κ1) is 69.0. The van der Waals surface area contributed by atoms with Gasteiger partial charge in [0.2, 0.25) is 0 Å². The summed E-state index contributed by atoms with van der Waals surface area (Å²) in [6.45, 7) is 6.11. The maximum Gasteiger partial charge on any atom is 0.306 e. The van der Waals surface area contributed by atoms with Gasteiger partial charge in [0.15, 0.2) is 6.10 Å². The Kier molecular flexibility index (Phi) is 55.7. The molecule has 75 heavy (non-hydrogen) atoms. The summed E-state index contributed by atoms with van der Waals surface area (Å²) < 4.78 is 16.7. The van der Waals surface area contributed by atoms with Crippen molar-refractivity contribution in [3.63, 3.8) is 0 Å². The van der Waals surface area contributed by atoms with Gasteiger partial charge in [-0.3, -0.25) is 14.4 Å².